The molecule has 196 valence electrons. The molecule has 0 aromatic heterocycles. The van der Waals surface area contributed by atoms with Crippen molar-refractivity contribution in [3.63, 3.8) is 0 Å². The third kappa shape index (κ3) is 5.56. The van der Waals surface area contributed by atoms with Gasteiger partial charge >= 0.3 is 0 Å². The number of para-hydroxylation sites is 1. The fourth-order valence-electron chi connectivity index (χ4n) is 4.43. The van der Waals surface area contributed by atoms with E-state index in [0.717, 1.165) is 23.4 Å². The van der Waals surface area contributed by atoms with E-state index in [1.807, 2.05) is 43.3 Å². The molecule has 38 heavy (non-hydrogen) atoms. The first kappa shape index (κ1) is 25.1. The number of hydrogen-bond acceptors (Lipinski definition) is 6. The highest BCUT2D eigenvalue weighted by Crippen LogP contribution is 2.32. The minimum Gasteiger partial charge on any atom is -0.494 e. The molecule has 0 bridgehead atoms. The van der Waals surface area contributed by atoms with E-state index in [1.165, 1.54) is 0 Å². The normalized spacial score (nSPS) is 15.9. The van der Waals surface area contributed by atoms with Crippen LogP contribution in [-0.2, 0) is 16.1 Å². The highest BCUT2D eigenvalue weighted by Gasteiger charge is 2.35. The zero-order chi connectivity index (χ0) is 26.5. The number of ether oxygens (including phenoxy) is 3. The quantitative estimate of drug-likeness (QED) is 0.444. The lowest BCUT2D eigenvalue weighted by Crippen LogP contribution is -2.29. The highest BCUT2D eigenvalue weighted by atomic mass is 16.7. The number of benzene rings is 3. The molecule has 1 atom stereocenters. The van der Waals surface area contributed by atoms with Crippen LogP contribution in [0.25, 0.3) is 0 Å². The Morgan fingerprint density at radius 3 is 2.63 bits per heavy atom. The van der Waals surface area contributed by atoms with E-state index in [9.17, 15) is 14.4 Å². The van der Waals surface area contributed by atoms with Gasteiger partial charge in [-0.15, -0.1) is 0 Å². The Kier molecular flexibility index (Phi) is 7.44. The van der Waals surface area contributed by atoms with Crippen molar-refractivity contribution in [2.45, 2.75) is 26.3 Å². The SMILES string of the molecule is CCCOc1ccc(N2C[C@@H](C(=O)Nc3ccccc3C(=O)NCc3ccc4c(c3)OCO4)CC2=O)cc1. The molecule has 3 aromatic carbocycles. The van der Waals surface area contributed by atoms with Crippen LogP contribution >= 0.6 is 0 Å². The molecule has 0 aliphatic carbocycles. The second-order valence-electron chi connectivity index (χ2n) is 9.15. The first-order valence-corrected chi connectivity index (χ1v) is 12.6. The standard InChI is InChI=1S/C29H29N3O6/c1-2-13-36-22-10-8-21(9-11-22)32-17-20(15-27(32)33)28(34)31-24-6-4-3-5-23(24)29(35)30-16-19-7-12-25-26(14-19)38-18-37-25/h3-12,14,20H,2,13,15-18H2,1H3,(H,30,35)(H,31,34)/t20-/m0/s1. The second-order valence-corrected chi connectivity index (χ2v) is 9.15. The van der Waals surface area contributed by atoms with Gasteiger partial charge in [-0.25, -0.2) is 0 Å². The van der Waals surface area contributed by atoms with Gasteiger partial charge in [-0.2, -0.15) is 0 Å². The number of amides is 3. The first-order chi connectivity index (χ1) is 18.5. The van der Waals surface area contributed by atoms with Gasteiger partial charge in [0.1, 0.15) is 5.75 Å². The van der Waals surface area contributed by atoms with Crippen molar-refractivity contribution in [2.24, 2.45) is 5.92 Å². The molecule has 1 fully saturated rings. The molecule has 0 spiro atoms. The van der Waals surface area contributed by atoms with Crippen LogP contribution in [0.5, 0.6) is 17.2 Å². The molecule has 9 heteroatoms. The van der Waals surface area contributed by atoms with Gasteiger partial charge in [0.05, 0.1) is 23.8 Å². The summed E-state index contributed by atoms with van der Waals surface area (Å²) in [5.74, 6) is 0.767. The Hall–Kier alpha value is -4.53. The molecule has 5 rings (SSSR count). The summed E-state index contributed by atoms with van der Waals surface area (Å²) in [4.78, 5) is 40.4. The summed E-state index contributed by atoms with van der Waals surface area (Å²) in [7, 11) is 0. The largest absolute Gasteiger partial charge is 0.494 e. The lowest BCUT2D eigenvalue weighted by Gasteiger charge is -2.18. The number of nitrogens with one attached hydrogen (secondary N) is 2. The molecule has 0 unspecified atom stereocenters. The van der Waals surface area contributed by atoms with E-state index < -0.39 is 5.92 Å². The van der Waals surface area contributed by atoms with E-state index in [1.54, 1.807) is 35.2 Å². The smallest absolute Gasteiger partial charge is 0.253 e. The van der Waals surface area contributed by atoms with Crippen molar-refractivity contribution >= 4 is 29.1 Å². The van der Waals surface area contributed by atoms with E-state index in [0.29, 0.717) is 29.4 Å². The lowest BCUT2D eigenvalue weighted by atomic mass is 10.1. The first-order valence-electron chi connectivity index (χ1n) is 12.6. The van der Waals surface area contributed by atoms with Crippen LogP contribution in [0.3, 0.4) is 0 Å². The Bertz CT molecular complexity index is 1340. The van der Waals surface area contributed by atoms with Gasteiger partial charge in [-0.05, 0) is 60.5 Å². The van der Waals surface area contributed by atoms with Crippen LogP contribution in [-0.4, -0.2) is 37.7 Å². The molecule has 2 aliphatic rings. The average Bonchev–Trinajstić information content (AvgIpc) is 3.57. The van der Waals surface area contributed by atoms with Crippen molar-refractivity contribution in [3.8, 4) is 17.2 Å². The summed E-state index contributed by atoms with van der Waals surface area (Å²) >= 11 is 0. The van der Waals surface area contributed by atoms with Crippen LogP contribution in [0, 0.1) is 5.92 Å². The van der Waals surface area contributed by atoms with E-state index in [-0.39, 0.29) is 44.0 Å². The van der Waals surface area contributed by atoms with Crippen LogP contribution in [0.1, 0.15) is 35.7 Å². The third-order valence-corrected chi connectivity index (χ3v) is 6.44. The number of hydrogen-bond donors (Lipinski definition) is 2. The van der Waals surface area contributed by atoms with Gasteiger partial charge in [0.15, 0.2) is 11.5 Å². The summed E-state index contributed by atoms with van der Waals surface area (Å²) < 4.78 is 16.3. The van der Waals surface area contributed by atoms with Crippen LogP contribution in [0.4, 0.5) is 11.4 Å². The van der Waals surface area contributed by atoms with Crippen LogP contribution in [0.15, 0.2) is 66.7 Å². The predicted molar refractivity (Wildman–Crippen MR) is 141 cm³/mol. The number of fused-ring (bicyclic) bond motifs is 1. The van der Waals surface area contributed by atoms with Gasteiger partial charge in [-0.1, -0.05) is 25.1 Å². The monoisotopic (exact) mass is 515 g/mol. The fraction of sp³-hybridized carbons (Fsp3) is 0.276. The molecular weight excluding hydrogens is 486 g/mol. The summed E-state index contributed by atoms with van der Waals surface area (Å²) in [6.45, 7) is 3.39. The predicted octanol–water partition coefficient (Wildman–Crippen LogP) is 4.13. The number of carbonyl (C=O) groups excluding carboxylic acids is 3. The molecule has 3 amide bonds. The maximum Gasteiger partial charge on any atom is 0.253 e. The van der Waals surface area contributed by atoms with Gasteiger partial charge in [-0.3, -0.25) is 14.4 Å². The molecule has 0 saturated carbocycles. The van der Waals surface area contributed by atoms with Crippen molar-refractivity contribution in [1.29, 1.82) is 0 Å². The van der Waals surface area contributed by atoms with E-state index in [2.05, 4.69) is 10.6 Å². The van der Waals surface area contributed by atoms with Gasteiger partial charge < -0.3 is 29.7 Å². The van der Waals surface area contributed by atoms with Crippen molar-refractivity contribution in [1.82, 2.24) is 5.32 Å². The Morgan fingerprint density at radius 2 is 1.82 bits per heavy atom. The number of rotatable bonds is 9. The van der Waals surface area contributed by atoms with Gasteiger partial charge in [0.2, 0.25) is 18.6 Å². The molecule has 2 aliphatic heterocycles. The van der Waals surface area contributed by atoms with Gasteiger partial charge in [0, 0.05) is 25.2 Å². The van der Waals surface area contributed by atoms with E-state index >= 15 is 0 Å². The van der Waals surface area contributed by atoms with E-state index in [4.69, 9.17) is 14.2 Å². The Balaban J connectivity index is 1.20. The minimum atomic E-state index is -0.539. The zero-order valence-corrected chi connectivity index (χ0v) is 21.1. The Labute approximate surface area is 220 Å². The number of anilines is 2. The van der Waals surface area contributed by atoms with Crippen molar-refractivity contribution < 1.29 is 28.6 Å². The summed E-state index contributed by atoms with van der Waals surface area (Å²) in [6.07, 6.45) is 1.01. The van der Waals surface area contributed by atoms with Gasteiger partial charge in [0.25, 0.3) is 5.91 Å². The molecule has 2 N–H and O–H groups in total. The zero-order valence-electron chi connectivity index (χ0n) is 21.1. The Morgan fingerprint density at radius 1 is 1.03 bits per heavy atom. The summed E-state index contributed by atoms with van der Waals surface area (Å²) in [5, 5.41) is 5.74. The highest BCUT2D eigenvalue weighted by molar-refractivity contribution is 6.07. The minimum absolute atomic E-state index is 0.0956. The second kappa shape index (κ2) is 11.2. The molecular formula is C29H29N3O6. The third-order valence-electron chi connectivity index (χ3n) is 6.44. The molecule has 9 nitrogen and oxygen atoms in total. The fourth-order valence-corrected chi connectivity index (χ4v) is 4.43. The maximum atomic E-state index is 13.1. The summed E-state index contributed by atoms with van der Waals surface area (Å²) in [5.41, 5.74) is 2.31. The number of carbonyl (C=O) groups is 3. The molecule has 3 aromatic rings. The van der Waals surface area contributed by atoms with Crippen molar-refractivity contribution in [2.75, 3.05) is 30.2 Å². The van der Waals surface area contributed by atoms with Crippen LogP contribution in [0.2, 0.25) is 0 Å². The molecule has 0 radical (unpaired) electrons. The molecule has 2 heterocycles. The summed E-state index contributed by atoms with van der Waals surface area (Å²) in [6, 6.07) is 19.6. The average molecular weight is 516 g/mol. The van der Waals surface area contributed by atoms with Crippen LogP contribution < -0.4 is 29.7 Å². The number of nitrogens with zero attached hydrogens (tertiary/aromatic N) is 1. The maximum absolute atomic E-state index is 13.1. The molecule has 1 saturated heterocycles. The lowest BCUT2D eigenvalue weighted by molar-refractivity contribution is -0.122. The van der Waals surface area contributed by atoms with Crippen molar-refractivity contribution in [3.05, 3.63) is 77.9 Å². The topological polar surface area (TPSA) is 106 Å².